The first-order valence-corrected chi connectivity index (χ1v) is 8.41. The number of rotatable bonds is 3. The molecule has 0 radical (unpaired) electrons. The van der Waals surface area contributed by atoms with E-state index in [-0.39, 0.29) is 64.9 Å². The zero-order valence-corrected chi connectivity index (χ0v) is 16.1. The molecule has 2 fully saturated rings. The molecule has 0 aromatic heterocycles. The van der Waals surface area contributed by atoms with E-state index in [0.29, 0.717) is 5.56 Å². The van der Waals surface area contributed by atoms with Gasteiger partial charge in [-0.3, -0.25) is 4.79 Å². The summed E-state index contributed by atoms with van der Waals surface area (Å²) < 4.78 is 33.3. The molecule has 2 heterocycles. The van der Waals surface area contributed by atoms with Gasteiger partial charge in [-0.1, -0.05) is 6.07 Å². The molecule has 3 amide bonds. The molecule has 10 nitrogen and oxygen atoms in total. The van der Waals surface area contributed by atoms with Crippen molar-refractivity contribution >= 4 is 22.2 Å². The molecule has 2 aliphatic heterocycles. The molecule has 3 rings (SSSR count). The molecule has 0 spiro atoms. The van der Waals surface area contributed by atoms with Gasteiger partial charge in [0.05, 0.1) is 6.04 Å². The van der Waals surface area contributed by atoms with Gasteiger partial charge in [0.25, 0.3) is 5.91 Å². The summed E-state index contributed by atoms with van der Waals surface area (Å²) in [5, 5.41) is 21.2. The Morgan fingerprint density at radius 1 is 1.32 bits per heavy atom. The average molecular weight is 379 g/mol. The van der Waals surface area contributed by atoms with Crippen molar-refractivity contribution in [2.75, 3.05) is 6.54 Å². The van der Waals surface area contributed by atoms with Gasteiger partial charge in [0.15, 0.2) is 21.8 Å². The maximum absolute atomic E-state index is 12.2. The number of aromatic hydroxyl groups is 2. The third kappa shape index (κ3) is 3.55. The molecular formula is C13H14N3NaO7S. The van der Waals surface area contributed by atoms with E-state index in [4.69, 9.17) is 0 Å². The van der Waals surface area contributed by atoms with Gasteiger partial charge in [-0.05, 0) is 24.1 Å². The number of fused-ring (bicyclic) bond motifs is 1. The summed E-state index contributed by atoms with van der Waals surface area (Å²) >= 11 is 0. The summed E-state index contributed by atoms with van der Waals surface area (Å²) in [6.45, 7) is 0.193. The minimum atomic E-state index is -4.86. The number of hydrogen-bond donors (Lipinski definition) is 3. The van der Waals surface area contributed by atoms with E-state index in [1.165, 1.54) is 23.1 Å². The predicted octanol–water partition coefficient (Wildman–Crippen LogP) is -3.94. The van der Waals surface area contributed by atoms with Crippen molar-refractivity contribution in [3.8, 4) is 11.5 Å². The van der Waals surface area contributed by atoms with Crippen LogP contribution in [-0.2, 0) is 21.6 Å². The fourth-order valence-electron chi connectivity index (χ4n) is 2.99. The van der Waals surface area contributed by atoms with Crippen LogP contribution in [0, 0.1) is 0 Å². The Bertz CT molecular complexity index is 816. The van der Waals surface area contributed by atoms with E-state index in [1.54, 1.807) is 0 Å². The first kappa shape index (κ1) is 19.8. The van der Waals surface area contributed by atoms with Crippen LogP contribution in [0.5, 0.6) is 11.5 Å². The number of nitrogens with one attached hydrogen (secondary N) is 1. The number of likely N-dealkylation sites (tertiary alicyclic amines) is 1. The number of carbonyl (C=O) groups excluding carboxylic acids is 2. The van der Waals surface area contributed by atoms with Crippen molar-refractivity contribution in [1.29, 1.82) is 0 Å². The zero-order chi connectivity index (χ0) is 17.6. The molecule has 0 saturated carbocycles. The molecule has 2 aliphatic rings. The van der Waals surface area contributed by atoms with Crippen LogP contribution in [0.4, 0.5) is 4.79 Å². The van der Waals surface area contributed by atoms with Crippen LogP contribution in [0.25, 0.3) is 0 Å². The Morgan fingerprint density at radius 3 is 2.60 bits per heavy atom. The average Bonchev–Trinajstić information content (AvgIpc) is 2.85. The SMILES string of the molecule is O=C(NCc1ccc(O)c(O)c1)N1CC[C@@H]2[C@H]1C(=O)N2S(=O)(=O)[O-].[Na+]. The minimum absolute atomic E-state index is 0. The van der Waals surface area contributed by atoms with Crippen molar-refractivity contribution in [2.24, 2.45) is 0 Å². The maximum Gasteiger partial charge on any atom is 1.00 e. The monoisotopic (exact) mass is 379 g/mol. The molecule has 3 N–H and O–H groups in total. The van der Waals surface area contributed by atoms with Gasteiger partial charge in [-0.25, -0.2) is 17.5 Å². The Morgan fingerprint density at radius 2 is 2.00 bits per heavy atom. The van der Waals surface area contributed by atoms with Crippen LogP contribution in [0.1, 0.15) is 12.0 Å². The Hall–Kier alpha value is -1.53. The van der Waals surface area contributed by atoms with Crippen molar-refractivity contribution in [3.63, 3.8) is 0 Å². The Kier molecular flexibility index (Phi) is 5.54. The van der Waals surface area contributed by atoms with Crippen LogP contribution in [-0.4, -0.2) is 63.0 Å². The van der Waals surface area contributed by atoms with Crippen LogP contribution < -0.4 is 34.9 Å². The predicted molar refractivity (Wildman–Crippen MR) is 77.4 cm³/mol. The largest absolute Gasteiger partial charge is 1.00 e. The van der Waals surface area contributed by atoms with Gasteiger partial charge in [0, 0.05) is 13.1 Å². The quantitative estimate of drug-likeness (QED) is 0.210. The van der Waals surface area contributed by atoms with Crippen molar-refractivity contribution in [2.45, 2.75) is 25.0 Å². The van der Waals surface area contributed by atoms with E-state index >= 15 is 0 Å². The molecule has 12 heteroatoms. The fraction of sp³-hybridized carbons (Fsp3) is 0.385. The van der Waals surface area contributed by atoms with Crippen molar-refractivity contribution < 1.29 is 62.3 Å². The first-order valence-electron chi connectivity index (χ1n) is 7.04. The fourth-order valence-corrected chi connectivity index (χ4v) is 3.87. The van der Waals surface area contributed by atoms with E-state index in [0.717, 1.165) is 0 Å². The smallest absolute Gasteiger partial charge is 0.731 e. The van der Waals surface area contributed by atoms with Crippen LogP contribution >= 0.6 is 0 Å². The number of hydrogen-bond acceptors (Lipinski definition) is 7. The minimum Gasteiger partial charge on any atom is -0.731 e. The Labute approximate surface area is 165 Å². The van der Waals surface area contributed by atoms with Gasteiger partial charge in [0.2, 0.25) is 0 Å². The molecule has 0 bridgehead atoms. The maximum atomic E-state index is 12.2. The van der Waals surface area contributed by atoms with Crippen molar-refractivity contribution in [1.82, 2.24) is 14.5 Å². The van der Waals surface area contributed by atoms with E-state index in [2.05, 4.69) is 5.32 Å². The molecule has 2 atom stereocenters. The number of phenolic OH excluding ortho intramolecular Hbond substituents is 2. The van der Waals surface area contributed by atoms with Crippen LogP contribution in [0.15, 0.2) is 18.2 Å². The number of nitrogens with zero attached hydrogens (tertiary/aromatic N) is 2. The number of β-lactam (4-membered cyclic amide) rings is 1. The summed E-state index contributed by atoms with van der Waals surface area (Å²) in [5.41, 5.74) is 0.526. The molecule has 2 saturated heterocycles. The summed E-state index contributed by atoms with van der Waals surface area (Å²) in [6.07, 6.45) is 0.214. The number of benzene rings is 1. The van der Waals surface area contributed by atoms with Gasteiger partial charge < -0.3 is 25.0 Å². The first-order chi connectivity index (χ1) is 11.2. The van der Waals surface area contributed by atoms with E-state index in [1.807, 2.05) is 0 Å². The molecule has 25 heavy (non-hydrogen) atoms. The number of phenols is 2. The third-order valence-electron chi connectivity index (χ3n) is 4.12. The third-order valence-corrected chi connectivity index (χ3v) is 5.06. The molecular weight excluding hydrogens is 365 g/mol. The topological polar surface area (TPSA) is 150 Å². The molecule has 1 aromatic carbocycles. The second kappa shape index (κ2) is 7.00. The summed E-state index contributed by atoms with van der Waals surface area (Å²) in [5.74, 6) is -1.51. The van der Waals surface area contributed by atoms with Crippen LogP contribution in [0.3, 0.4) is 0 Å². The molecule has 0 unspecified atom stereocenters. The number of carbonyl (C=O) groups is 2. The van der Waals surface area contributed by atoms with Crippen molar-refractivity contribution in [3.05, 3.63) is 23.8 Å². The van der Waals surface area contributed by atoms with E-state index < -0.39 is 34.3 Å². The second-order valence-corrected chi connectivity index (χ2v) is 6.82. The van der Waals surface area contributed by atoms with Gasteiger partial charge in [-0.15, -0.1) is 0 Å². The molecule has 1 aromatic rings. The number of urea groups is 1. The van der Waals surface area contributed by atoms with Gasteiger partial charge in [0.1, 0.15) is 6.04 Å². The normalized spacial score (nSPS) is 22.0. The summed E-state index contributed by atoms with van der Waals surface area (Å²) in [6, 6.07) is 1.73. The summed E-state index contributed by atoms with van der Waals surface area (Å²) in [4.78, 5) is 25.2. The summed E-state index contributed by atoms with van der Waals surface area (Å²) in [7, 11) is -4.86. The van der Waals surface area contributed by atoms with Crippen LogP contribution in [0.2, 0.25) is 0 Å². The molecule has 0 aliphatic carbocycles. The van der Waals surface area contributed by atoms with E-state index in [9.17, 15) is 32.8 Å². The molecule has 130 valence electrons. The zero-order valence-electron chi connectivity index (χ0n) is 13.2. The van der Waals surface area contributed by atoms with Gasteiger partial charge in [-0.2, -0.15) is 0 Å². The van der Waals surface area contributed by atoms with Gasteiger partial charge >= 0.3 is 35.6 Å². The Balaban J connectivity index is 0.00000225. The number of amides is 3. The standard InChI is InChI=1S/C13H15N3O7S.Na/c17-9-2-1-7(5-10(9)18)6-14-13(20)15-4-3-8-11(15)12(19)16(8)24(21,22)23;/h1-2,5,8,11,17-18H,3-4,6H2,(H,14,20)(H,21,22,23);/q;+1/p-1/t8-,11+;/m1./s1. The second-order valence-electron chi connectivity index (χ2n) is 5.57.